The van der Waals surface area contributed by atoms with Crippen LogP contribution < -0.4 is 5.32 Å². The van der Waals surface area contributed by atoms with Gasteiger partial charge in [0.1, 0.15) is 0 Å². The van der Waals surface area contributed by atoms with Crippen LogP contribution in [0.2, 0.25) is 0 Å². The third-order valence-electron chi connectivity index (χ3n) is 4.05. The molecule has 1 saturated carbocycles. The molecule has 0 saturated heterocycles. The predicted molar refractivity (Wildman–Crippen MR) is 80.4 cm³/mol. The van der Waals surface area contributed by atoms with Crippen molar-refractivity contribution < 1.29 is 0 Å². The number of rotatable bonds is 6. The van der Waals surface area contributed by atoms with E-state index in [4.69, 9.17) is 0 Å². The summed E-state index contributed by atoms with van der Waals surface area (Å²) in [6.07, 6.45) is 5.65. The van der Waals surface area contributed by atoms with Gasteiger partial charge in [-0.25, -0.2) is 0 Å². The van der Waals surface area contributed by atoms with Crippen LogP contribution in [-0.2, 0) is 0 Å². The molecule has 1 aromatic heterocycles. The number of hydrogen-bond donors (Lipinski definition) is 1. The van der Waals surface area contributed by atoms with Crippen molar-refractivity contribution >= 4 is 11.3 Å². The molecule has 1 atom stereocenters. The fourth-order valence-corrected chi connectivity index (χ4v) is 3.68. The van der Waals surface area contributed by atoms with Crippen LogP contribution in [0.3, 0.4) is 0 Å². The standard InChI is InChI=1S/C15H26N2S/c1-12-8-9-15(18-12)13(2)16-10-11-17(3)14-6-4-5-7-14/h8-9,13-14,16H,4-7,10-11H2,1-3H3. The van der Waals surface area contributed by atoms with Crippen LogP contribution in [0.4, 0.5) is 0 Å². The van der Waals surface area contributed by atoms with Crippen LogP contribution in [0, 0.1) is 6.92 Å². The van der Waals surface area contributed by atoms with Gasteiger partial charge in [0.15, 0.2) is 0 Å². The van der Waals surface area contributed by atoms with Crippen molar-refractivity contribution in [3.8, 4) is 0 Å². The Balaban J connectivity index is 1.68. The molecule has 18 heavy (non-hydrogen) atoms. The summed E-state index contributed by atoms with van der Waals surface area (Å²) in [7, 11) is 2.28. The molecule has 0 amide bonds. The van der Waals surface area contributed by atoms with E-state index in [0.29, 0.717) is 6.04 Å². The minimum Gasteiger partial charge on any atom is -0.308 e. The van der Waals surface area contributed by atoms with Gasteiger partial charge >= 0.3 is 0 Å². The van der Waals surface area contributed by atoms with Crippen molar-refractivity contribution in [1.82, 2.24) is 10.2 Å². The molecule has 1 fully saturated rings. The smallest absolute Gasteiger partial charge is 0.0386 e. The highest BCUT2D eigenvalue weighted by Gasteiger charge is 2.19. The summed E-state index contributed by atoms with van der Waals surface area (Å²) < 4.78 is 0. The monoisotopic (exact) mass is 266 g/mol. The zero-order valence-electron chi connectivity index (χ0n) is 11.9. The summed E-state index contributed by atoms with van der Waals surface area (Å²) in [6, 6.07) is 5.79. The lowest BCUT2D eigenvalue weighted by molar-refractivity contribution is 0.243. The average Bonchev–Trinajstić information content (AvgIpc) is 2.99. The molecule has 1 N–H and O–H groups in total. The molecule has 3 heteroatoms. The SMILES string of the molecule is Cc1ccc(C(C)NCCN(C)C2CCCC2)s1. The van der Waals surface area contributed by atoms with Crippen molar-refractivity contribution in [2.75, 3.05) is 20.1 Å². The Morgan fingerprint density at radius 2 is 2.11 bits per heavy atom. The van der Waals surface area contributed by atoms with E-state index in [0.717, 1.165) is 12.6 Å². The molecular formula is C15H26N2S. The molecule has 0 radical (unpaired) electrons. The van der Waals surface area contributed by atoms with Crippen molar-refractivity contribution in [2.45, 2.75) is 51.6 Å². The van der Waals surface area contributed by atoms with Crippen LogP contribution in [-0.4, -0.2) is 31.1 Å². The van der Waals surface area contributed by atoms with Crippen molar-refractivity contribution in [3.05, 3.63) is 21.9 Å². The first-order valence-electron chi connectivity index (χ1n) is 7.17. The van der Waals surface area contributed by atoms with E-state index in [1.165, 1.54) is 42.0 Å². The minimum atomic E-state index is 0.487. The average molecular weight is 266 g/mol. The van der Waals surface area contributed by atoms with E-state index in [2.05, 4.69) is 43.2 Å². The summed E-state index contributed by atoms with van der Waals surface area (Å²) >= 11 is 1.90. The van der Waals surface area contributed by atoms with Crippen LogP contribution in [0.1, 0.15) is 48.4 Å². The maximum atomic E-state index is 3.64. The highest BCUT2D eigenvalue weighted by atomic mass is 32.1. The van der Waals surface area contributed by atoms with Crippen LogP contribution in [0.15, 0.2) is 12.1 Å². The van der Waals surface area contributed by atoms with Crippen molar-refractivity contribution in [2.24, 2.45) is 0 Å². The predicted octanol–water partition coefficient (Wildman–Crippen LogP) is 3.58. The van der Waals surface area contributed by atoms with Crippen molar-refractivity contribution in [3.63, 3.8) is 0 Å². The van der Waals surface area contributed by atoms with Gasteiger partial charge in [0.2, 0.25) is 0 Å². The molecule has 0 spiro atoms. The Labute approximate surface area is 115 Å². The van der Waals surface area contributed by atoms with Gasteiger partial charge in [-0.1, -0.05) is 12.8 Å². The first kappa shape index (κ1) is 14.0. The topological polar surface area (TPSA) is 15.3 Å². The largest absolute Gasteiger partial charge is 0.308 e. The van der Waals surface area contributed by atoms with Gasteiger partial charge in [-0.05, 0) is 45.9 Å². The minimum absolute atomic E-state index is 0.487. The van der Waals surface area contributed by atoms with E-state index in [1.807, 2.05) is 11.3 Å². The lowest BCUT2D eigenvalue weighted by Crippen LogP contribution is -2.36. The van der Waals surface area contributed by atoms with Gasteiger partial charge in [-0.3, -0.25) is 0 Å². The molecule has 0 bridgehead atoms. The van der Waals surface area contributed by atoms with E-state index < -0.39 is 0 Å². The second-order valence-electron chi connectivity index (χ2n) is 5.54. The molecule has 2 nitrogen and oxygen atoms in total. The van der Waals surface area contributed by atoms with Gasteiger partial charge < -0.3 is 10.2 Å². The molecule has 1 aromatic rings. The molecular weight excluding hydrogens is 240 g/mol. The highest BCUT2D eigenvalue weighted by Crippen LogP contribution is 2.23. The van der Waals surface area contributed by atoms with E-state index >= 15 is 0 Å². The second-order valence-corrected chi connectivity index (χ2v) is 6.86. The lowest BCUT2D eigenvalue weighted by Gasteiger charge is -2.24. The Morgan fingerprint density at radius 1 is 1.39 bits per heavy atom. The Kier molecular flexibility index (Phi) is 5.22. The lowest BCUT2D eigenvalue weighted by atomic mass is 10.2. The first-order valence-corrected chi connectivity index (χ1v) is 7.98. The quantitative estimate of drug-likeness (QED) is 0.846. The van der Waals surface area contributed by atoms with Crippen LogP contribution in [0.25, 0.3) is 0 Å². The molecule has 1 aliphatic carbocycles. The number of nitrogens with zero attached hydrogens (tertiary/aromatic N) is 1. The van der Waals surface area contributed by atoms with Gasteiger partial charge in [0.05, 0.1) is 0 Å². The summed E-state index contributed by atoms with van der Waals surface area (Å²) in [4.78, 5) is 5.39. The fourth-order valence-electron chi connectivity index (χ4n) is 2.77. The van der Waals surface area contributed by atoms with Crippen LogP contribution in [0.5, 0.6) is 0 Å². The summed E-state index contributed by atoms with van der Waals surface area (Å²) in [5.41, 5.74) is 0. The Morgan fingerprint density at radius 3 is 2.72 bits per heavy atom. The summed E-state index contributed by atoms with van der Waals surface area (Å²) in [5, 5.41) is 3.64. The second kappa shape index (κ2) is 6.69. The van der Waals surface area contributed by atoms with Gasteiger partial charge in [-0.2, -0.15) is 0 Å². The summed E-state index contributed by atoms with van der Waals surface area (Å²) in [5.74, 6) is 0. The molecule has 102 valence electrons. The Hall–Kier alpha value is -0.380. The zero-order valence-corrected chi connectivity index (χ0v) is 12.7. The first-order chi connectivity index (χ1) is 8.66. The number of likely N-dealkylation sites (N-methyl/N-ethyl adjacent to an activating group) is 1. The van der Waals surface area contributed by atoms with Crippen molar-refractivity contribution in [1.29, 1.82) is 0 Å². The molecule has 0 aromatic carbocycles. The number of thiophene rings is 1. The van der Waals surface area contributed by atoms with Gasteiger partial charge in [0, 0.05) is 34.9 Å². The third kappa shape index (κ3) is 3.81. The molecule has 2 rings (SSSR count). The normalized spacial score (nSPS) is 18.7. The van der Waals surface area contributed by atoms with Gasteiger partial charge in [-0.15, -0.1) is 11.3 Å². The number of aryl methyl sites for hydroxylation is 1. The van der Waals surface area contributed by atoms with E-state index in [1.54, 1.807) is 0 Å². The highest BCUT2D eigenvalue weighted by molar-refractivity contribution is 7.12. The number of nitrogens with one attached hydrogen (secondary N) is 1. The molecule has 1 aliphatic rings. The third-order valence-corrected chi connectivity index (χ3v) is 5.23. The fraction of sp³-hybridized carbons (Fsp3) is 0.733. The maximum Gasteiger partial charge on any atom is 0.0386 e. The molecule has 1 heterocycles. The van der Waals surface area contributed by atoms with Gasteiger partial charge in [0.25, 0.3) is 0 Å². The number of hydrogen-bond acceptors (Lipinski definition) is 3. The maximum absolute atomic E-state index is 3.64. The van der Waals surface area contributed by atoms with E-state index in [-0.39, 0.29) is 0 Å². The Bertz CT molecular complexity index is 355. The van der Waals surface area contributed by atoms with Crippen LogP contribution >= 0.6 is 11.3 Å². The zero-order chi connectivity index (χ0) is 13.0. The summed E-state index contributed by atoms with van der Waals surface area (Å²) in [6.45, 7) is 6.69. The molecule has 1 unspecified atom stereocenters. The molecule has 0 aliphatic heterocycles. The van der Waals surface area contributed by atoms with E-state index in [9.17, 15) is 0 Å².